The normalized spacial score (nSPS) is 17.5. The van der Waals surface area contributed by atoms with Gasteiger partial charge in [-0.25, -0.2) is 0 Å². The first-order valence-electron chi connectivity index (χ1n) is 8.26. The highest BCUT2D eigenvalue weighted by Crippen LogP contribution is 2.20. The van der Waals surface area contributed by atoms with Crippen molar-refractivity contribution in [2.45, 2.75) is 31.7 Å². The molecule has 1 aliphatic rings. The van der Waals surface area contributed by atoms with E-state index in [1.54, 1.807) is 17.2 Å². The molecule has 3 heterocycles. The van der Waals surface area contributed by atoms with Gasteiger partial charge in [-0.2, -0.15) is 0 Å². The molecule has 0 aliphatic carbocycles. The summed E-state index contributed by atoms with van der Waals surface area (Å²) in [5.74, 6) is -0.240. The Morgan fingerprint density at radius 1 is 1.29 bits per heavy atom. The van der Waals surface area contributed by atoms with Crippen molar-refractivity contribution < 1.29 is 14.0 Å². The van der Waals surface area contributed by atoms with Crippen molar-refractivity contribution in [3.63, 3.8) is 0 Å². The third kappa shape index (κ3) is 3.82. The summed E-state index contributed by atoms with van der Waals surface area (Å²) in [4.78, 5) is 31.0. The Labute approximate surface area is 140 Å². The summed E-state index contributed by atoms with van der Waals surface area (Å²) in [5, 5.41) is 2.93. The van der Waals surface area contributed by atoms with Gasteiger partial charge in [0.15, 0.2) is 0 Å². The molecule has 0 saturated carbocycles. The number of piperidine rings is 1. The Hall–Kier alpha value is -2.63. The van der Waals surface area contributed by atoms with Gasteiger partial charge in [0.25, 0.3) is 5.91 Å². The molecule has 0 aromatic carbocycles. The van der Waals surface area contributed by atoms with Crippen molar-refractivity contribution in [1.82, 2.24) is 15.2 Å². The molecule has 2 amide bonds. The zero-order chi connectivity index (χ0) is 16.8. The molecule has 2 aromatic heterocycles. The molecular weight excluding hydrogens is 306 g/mol. The summed E-state index contributed by atoms with van der Waals surface area (Å²) < 4.78 is 4.98. The molecule has 1 aliphatic heterocycles. The maximum Gasteiger partial charge on any atom is 0.257 e. The van der Waals surface area contributed by atoms with E-state index in [4.69, 9.17) is 4.42 Å². The topological polar surface area (TPSA) is 75.4 Å². The van der Waals surface area contributed by atoms with Crippen LogP contribution in [0.1, 0.15) is 35.3 Å². The van der Waals surface area contributed by atoms with Gasteiger partial charge in [0, 0.05) is 31.4 Å². The quantitative estimate of drug-likeness (QED) is 0.912. The Morgan fingerprint density at radius 2 is 2.21 bits per heavy atom. The number of carbonyl (C=O) groups excluding carboxylic acids is 2. The fourth-order valence-electron chi connectivity index (χ4n) is 2.98. The lowest BCUT2D eigenvalue weighted by Crippen LogP contribution is -2.52. The minimum Gasteiger partial charge on any atom is -0.472 e. The first-order valence-corrected chi connectivity index (χ1v) is 8.26. The monoisotopic (exact) mass is 327 g/mol. The molecule has 1 fully saturated rings. The summed E-state index contributed by atoms with van der Waals surface area (Å²) in [6.07, 6.45) is 7.87. The van der Waals surface area contributed by atoms with Crippen LogP contribution in [-0.2, 0) is 11.2 Å². The first-order chi connectivity index (χ1) is 11.8. The first kappa shape index (κ1) is 16.2. The molecule has 1 N–H and O–H groups in total. The van der Waals surface area contributed by atoms with E-state index in [0.717, 1.165) is 18.5 Å². The molecule has 2 aromatic rings. The van der Waals surface area contributed by atoms with E-state index in [2.05, 4.69) is 10.3 Å². The molecule has 6 heteroatoms. The summed E-state index contributed by atoms with van der Waals surface area (Å²) in [5.41, 5.74) is 1.43. The van der Waals surface area contributed by atoms with E-state index in [0.29, 0.717) is 31.5 Å². The number of nitrogens with one attached hydrogen (secondary N) is 1. The molecule has 3 rings (SSSR count). The fraction of sp³-hybridized carbons (Fsp3) is 0.389. The highest BCUT2D eigenvalue weighted by molar-refractivity contribution is 5.97. The number of rotatable bonds is 5. The van der Waals surface area contributed by atoms with Crippen LogP contribution in [0.3, 0.4) is 0 Å². The number of hydrogen-bond donors (Lipinski definition) is 1. The van der Waals surface area contributed by atoms with Gasteiger partial charge in [-0.1, -0.05) is 6.07 Å². The Bertz CT molecular complexity index is 670. The summed E-state index contributed by atoms with van der Waals surface area (Å²) in [6, 6.07) is 6.94. The maximum absolute atomic E-state index is 12.5. The highest BCUT2D eigenvalue weighted by atomic mass is 16.3. The van der Waals surface area contributed by atoms with Crippen molar-refractivity contribution in [3.05, 3.63) is 54.2 Å². The van der Waals surface area contributed by atoms with Crippen LogP contribution in [0.2, 0.25) is 0 Å². The summed E-state index contributed by atoms with van der Waals surface area (Å²) >= 11 is 0. The second-order valence-corrected chi connectivity index (χ2v) is 5.88. The lowest BCUT2D eigenvalue weighted by atomic mass is 10.0. The lowest BCUT2D eigenvalue weighted by molar-refractivity contribution is -0.126. The van der Waals surface area contributed by atoms with Gasteiger partial charge in [-0.05, 0) is 37.5 Å². The number of likely N-dealkylation sites (tertiary alicyclic amines) is 1. The van der Waals surface area contributed by atoms with Crippen LogP contribution < -0.4 is 5.32 Å². The third-order valence-electron chi connectivity index (χ3n) is 4.24. The van der Waals surface area contributed by atoms with Crippen molar-refractivity contribution in [1.29, 1.82) is 0 Å². The largest absolute Gasteiger partial charge is 0.472 e. The van der Waals surface area contributed by atoms with Gasteiger partial charge in [0.2, 0.25) is 5.91 Å². The number of hydrogen-bond acceptors (Lipinski definition) is 4. The van der Waals surface area contributed by atoms with E-state index in [9.17, 15) is 9.59 Å². The molecule has 6 nitrogen and oxygen atoms in total. The van der Waals surface area contributed by atoms with Crippen molar-refractivity contribution in [2.75, 3.05) is 13.1 Å². The van der Waals surface area contributed by atoms with Gasteiger partial charge in [0.1, 0.15) is 12.3 Å². The molecule has 0 bridgehead atoms. The zero-order valence-electron chi connectivity index (χ0n) is 13.5. The Morgan fingerprint density at radius 3 is 2.96 bits per heavy atom. The number of amides is 2. The number of pyridine rings is 1. The second-order valence-electron chi connectivity index (χ2n) is 5.88. The van der Waals surface area contributed by atoms with Crippen molar-refractivity contribution >= 4 is 11.8 Å². The van der Waals surface area contributed by atoms with Gasteiger partial charge in [-0.15, -0.1) is 0 Å². The highest BCUT2D eigenvalue weighted by Gasteiger charge is 2.32. The number of furan rings is 1. The average Bonchev–Trinajstić information content (AvgIpc) is 3.16. The zero-order valence-corrected chi connectivity index (χ0v) is 13.5. The average molecular weight is 327 g/mol. The van der Waals surface area contributed by atoms with E-state index in [1.165, 1.54) is 12.5 Å². The van der Waals surface area contributed by atoms with Crippen LogP contribution in [0.25, 0.3) is 0 Å². The van der Waals surface area contributed by atoms with Crippen LogP contribution in [0, 0.1) is 0 Å². The number of nitrogens with zero attached hydrogens (tertiary/aromatic N) is 2. The number of carbonyl (C=O) groups is 2. The van der Waals surface area contributed by atoms with E-state index in [-0.39, 0.29) is 11.8 Å². The van der Waals surface area contributed by atoms with Crippen LogP contribution in [-0.4, -0.2) is 40.8 Å². The predicted molar refractivity (Wildman–Crippen MR) is 88.3 cm³/mol. The fourth-order valence-corrected chi connectivity index (χ4v) is 2.98. The second kappa shape index (κ2) is 7.77. The summed E-state index contributed by atoms with van der Waals surface area (Å²) in [7, 11) is 0. The molecule has 1 atom stereocenters. The maximum atomic E-state index is 12.5. The predicted octanol–water partition coefficient (Wildman–Crippen LogP) is 2.03. The van der Waals surface area contributed by atoms with E-state index < -0.39 is 6.04 Å². The molecule has 126 valence electrons. The molecule has 24 heavy (non-hydrogen) atoms. The lowest BCUT2D eigenvalue weighted by Gasteiger charge is -2.34. The molecule has 1 saturated heterocycles. The van der Waals surface area contributed by atoms with Gasteiger partial charge in [0.05, 0.1) is 11.8 Å². The van der Waals surface area contributed by atoms with Gasteiger partial charge >= 0.3 is 0 Å². The van der Waals surface area contributed by atoms with E-state index >= 15 is 0 Å². The van der Waals surface area contributed by atoms with Crippen LogP contribution in [0.15, 0.2) is 47.4 Å². The summed E-state index contributed by atoms with van der Waals surface area (Å²) in [6.45, 7) is 1.11. The van der Waals surface area contributed by atoms with Crippen LogP contribution >= 0.6 is 0 Å². The minimum absolute atomic E-state index is 0.0949. The van der Waals surface area contributed by atoms with Crippen molar-refractivity contribution in [2.24, 2.45) is 0 Å². The van der Waals surface area contributed by atoms with Gasteiger partial charge < -0.3 is 14.6 Å². The SMILES string of the molecule is O=C(NCCc1ccccn1)C1CCCCN1C(=O)c1ccoc1. The Kier molecular flexibility index (Phi) is 5.25. The molecule has 0 spiro atoms. The smallest absolute Gasteiger partial charge is 0.257 e. The van der Waals surface area contributed by atoms with Gasteiger partial charge in [-0.3, -0.25) is 14.6 Å². The Balaban J connectivity index is 1.58. The van der Waals surface area contributed by atoms with Crippen LogP contribution in [0.5, 0.6) is 0 Å². The standard InChI is InChI=1S/C18H21N3O3/c22-17(20-10-7-15-5-1-3-9-19-15)16-6-2-4-11-21(16)18(23)14-8-12-24-13-14/h1,3,5,8-9,12-13,16H,2,4,6-7,10-11H2,(H,20,22). The van der Waals surface area contributed by atoms with Crippen LogP contribution in [0.4, 0.5) is 0 Å². The third-order valence-corrected chi connectivity index (χ3v) is 4.24. The minimum atomic E-state index is -0.412. The molecule has 0 radical (unpaired) electrons. The van der Waals surface area contributed by atoms with Crippen molar-refractivity contribution in [3.8, 4) is 0 Å². The molecular formula is C18H21N3O3. The van der Waals surface area contributed by atoms with E-state index in [1.807, 2.05) is 18.2 Å². The molecule has 1 unspecified atom stereocenters. The number of aromatic nitrogens is 1.